The van der Waals surface area contributed by atoms with Crippen molar-refractivity contribution in [1.29, 1.82) is 5.41 Å². The minimum Gasteiger partial charge on any atom is -0.405 e. The molecule has 0 aliphatic rings. The predicted molar refractivity (Wildman–Crippen MR) is 170 cm³/mol. The molecule has 0 heterocycles. The first-order valence-electron chi connectivity index (χ1n) is 12.5. The predicted octanol–water partition coefficient (Wildman–Crippen LogP) is 8.87. The van der Waals surface area contributed by atoms with Crippen LogP contribution in [-0.4, -0.2) is 14.0 Å². The van der Waals surface area contributed by atoms with Crippen molar-refractivity contribution in [3.05, 3.63) is 133 Å². The molecule has 0 bridgehead atoms. The van der Waals surface area contributed by atoms with Crippen molar-refractivity contribution in [2.75, 3.05) is 0 Å². The zero-order valence-corrected chi connectivity index (χ0v) is 23.6. The first-order valence-corrected chi connectivity index (χ1v) is 12.5. The number of rotatable bonds is 7. The van der Waals surface area contributed by atoms with Crippen molar-refractivity contribution in [2.24, 2.45) is 5.73 Å². The summed E-state index contributed by atoms with van der Waals surface area (Å²) >= 11 is 0. The van der Waals surface area contributed by atoms with Crippen molar-refractivity contribution < 1.29 is 0 Å². The number of benzene rings is 2. The third-order valence-electron chi connectivity index (χ3n) is 4.16. The molecule has 2 aromatic carbocycles. The van der Waals surface area contributed by atoms with Gasteiger partial charge in [0.1, 0.15) is 7.28 Å². The van der Waals surface area contributed by atoms with Gasteiger partial charge in [0.2, 0.25) is 0 Å². The molecule has 3 N–H and O–H groups in total. The first-order chi connectivity index (χ1) is 17.6. The van der Waals surface area contributed by atoms with E-state index in [0.29, 0.717) is 0 Å². The van der Waals surface area contributed by atoms with Crippen LogP contribution in [0.25, 0.3) is 5.57 Å². The van der Waals surface area contributed by atoms with Gasteiger partial charge in [-0.3, -0.25) is 0 Å². The van der Waals surface area contributed by atoms with Gasteiger partial charge in [-0.25, -0.2) is 0 Å². The normalized spacial score (nSPS) is 10.7. The molecule has 0 unspecified atom stereocenters. The fourth-order valence-corrected chi connectivity index (χ4v) is 2.39. The van der Waals surface area contributed by atoms with E-state index in [9.17, 15) is 0 Å². The number of aryl methyl sites for hydroxylation is 1. The maximum Gasteiger partial charge on any atom is 0.148 e. The van der Waals surface area contributed by atoms with E-state index in [0.717, 1.165) is 6.42 Å². The molecule has 36 heavy (non-hydrogen) atoms. The van der Waals surface area contributed by atoms with E-state index in [-0.39, 0.29) is 0 Å². The molecule has 2 rings (SSSR count). The van der Waals surface area contributed by atoms with Crippen LogP contribution in [0.3, 0.4) is 0 Å². The Bertz CT molecular complexity index is 887. The van der Waals surface area contributed by atoms with E-state index in [4.69, 9.17) is 11.1 Å². The van der Waals surface area contributed by atoms with Gasteiger partial charge in [0.15, 0.2) is 0 Å². The molecule has 2 nitrogen and oxygen atoms in total. The zero-order valence-electron chi connectivity index (χ0n) is 23.6. The van der Waals surface area contributed by atoms with Crippen LogP contribution in [0, 0.1) is 12.3 Å². The van der Waals surface area contributed by atoms with E-state index >= 15 is 0 Å². The van der Waals surface area contributed by atoms with Gasteiger partial charge in [0.25, 0.3) is 0 Å². The fourth-order valence-electron chi connectivity index (χ4n) is 2.39. The molecule has 0 spiro atoms. The molecule has 0 saturated heterocycles. The SMILES string of the molecule is C=N.CC.CC/C=C\N.C[B]c1ccc(C(/C=C\C=C\C=C\C)=C/C=C/C)cc1.Cc1ccccc1. The lowest BCUT2D eigenvalue weighted by atomic mass is 9.73. The summed E-state index contributed by atoms with van der Waals surface area (Å²) in [5.41, 5.74) is 9.96. The minimum atomic E-state index is 1.04. The van der Waals surface area contributed by atoms with Crippen LogP contribution in [0.1, 0.15) is 52.2 Å². The standard InChI is InChI=1S/C19H22B.C7H8.C4H9N.C2H6.CH3N/c1-4-6-8-9-10-12-17(11-7-5-2)18-13-15-19(20-3)16-14-18;1-7-5-3-2-4-6-7;1-2-3-4-5;2*1-2/h4-16H,1-3H3;2-6H,1H3;3-4H,2,5H2,1H3;1-2H3;2H,1H2/b6-4+,7-5+,9-8+,12-10-,17-11+;;4-3-;;. The number of hydrogen-bond donors (Lipinski definition) is 2. The lowest BCUT2D eigenvalue weighted by molar-refractivity contribution is 1.21. The molecular weight excluding hydrogens is 435 g/mol. The highest BCUT2D eigenvalue weighted by atomic mass is 14.5. The van der Waals surface area contributed by atoms with Crippen molar-refractivity contribution in [2.45, 2.75) is 54.8 Å². The quantitative estimate of drug-likeness (QED) is 0.231. The summed E-state index contributed by atoms with van der Waals surface area (Å²) < 4.78 is 0. The molecular formula is C33H48BN2. The average Bonchev–Trinajstić information content (AvgIpc) is 2.94. The van der Waals surface area contributed by atoms with Gasteiger partial charge in [-0.05, 0) is 51.2 Å². The molecule has 3 heteroatoms. The molecule has 0 saturated carbocycles. The average molecular weight is 484 g/mol. The molecule has 2 aromatic rings. The highest BCUT2D eigenvalue weighted by molar-refractivity contribution is 6.51. The van der Waals surface area contributed by atoms with Gasteiger partial charge in [0.05, 0.1) is 0 Å². The van der Waals surface area contributed by atoms with Crippen molar-refractivity contribution in [3.8, 4) is 0 Å². The molecule has 0 aliphatic heterocycles. The molecule has 193 valence electrons. The Morgan fingerprint density at radius 1 is 0.861 bits per heavy atom. The van der Waals surface area contributed by atoms with Crippen LogP contribution >= 0.6 is 0 Å². The maximum absolute atomic E-state index is 5.50. The van der Waals surface area contributed by atoms with Gasteiger partial charge in [-0.2, -0.15) is 0 Å². The minimum absolute atomic E-state index is 1.04. The van der Waals surface area contributed by atoms with Crippen LogP contribution in [-0.2, 0) is 0 Å². The Labute approximate surface area is 223 Å². The lowest BCUT2D eigenvalue weighted by Crippen LogP contribution is -2.08. The summed E-state index contributed by atoms with van der Waals surface area (Å²) in [6, 6.07) is 18.9. The van der Waals surface area contributed by atoms with E-state index in [1.807, 2.05) is 89.3 Å². The Hall–Kier alpha value is -3.59. The van der Waals surface area contributed by atoms with E-state index in [1.54, 1.807) is 6.20 Å². The maximum atomic E-state index is 5.50. The van der Waals surface area contributed by atoms with Gasteiger partial charge < -0.3 is 11.1 Å². The van der Waals surface area contributed by atoms with E-state index < -0.39 is 0 Å². The number of nitrogens with one attached hydrogen (secondary N) is 1. The van der Waals surface area contributed by atoms with E-state index in [2.05, 4.69) is 88.4 Å². The van der Waals surface area contributed by atoms with Crippen molar-refractivity contribution in [3.63, 3.8) is 0 Å². The molecule has 0 fully saturated rings. The first kappa shape index (κ1) is 37.0. The molecule has 0 aliphatic carbocycles. The Kier molecular flexibility index (Phi) is 32.3. The number of nitrogens with two attached hydrogens (primary N) is 1. The van der Waals surface area contributed by atoms with Gasteiger partial charge in [-0.15, -0.1) is 0 Å². The smallest absolute Gasteiger partial charge is 0.148 e. The molecule has 1 radical (unpaired) electrons. The third kappa shape index (κ3) is 23.6. The fraction of sp³-hybridized carbons (Fsp3) is 0.242. The highest BCUT2D eigenvalue weighted by Gasteiger charge is 1.97. The molecule has 0 amide bonds. The van der Waals surface area contributed by atoms with Crippen molar-refractivity contribution in [1.82, 2.24) is 0 Å². The van der Waals surface area contributed by atoms with E-state index in [1.165, 1.54) is 22.2 Å². The summed E-state index contributed by atoms with van der Waals surface area (Å²) in [6.07, 6.45) is 23.0. The monoisotopic (exact) mass is 483 g/mol. The van der Waals surface area contributed by atoms with Crippen LogP contribution in [0.15, 0.2) is 122 Å². The second kappa shape index (κ2) is 31.4. The second-order valence-corrected chi connectivity index (χ2v) is 6.82. The summed E-state index contributed by atoms with van der Waals surface area (Å²) in [6.45, 7) is 16.7. The van der Waals surface area contributed by atoms with Crippen LogP contribution in [0.4, 0.5) is 0 Å². The largest absolute Gasteiger partial charge is 0.405 e. The Morgan fingerprint density at radius 3 is 1.81 bits per heavy atom. The van der Waals surface area contributed by atoms with Crippen LogP contribution in [0.2, 0.25) is 6.82 Å². The highest BCUT2D eigenvalue weighted by Crippen LogP contribution is 2.15. The van der Waals surface area contributed by atoms with Crippen LogP contribution < -0.4 is 11.2 Å². The summed E-state index contributed by atoms with van der Waals surface area (Å²) in [5.74, 6) is 0. The Morgan fingerprint density at radius 2 is 1.42 bits per heavy atom. The number of allylic oxidation sites excluding steroid dienone is 11. The zero-order chi connectivity index (χ0) is 27.9. The summed E-state index contributed by atoms with van der Waals surface area (Å²) in [5, 5.41) is 5.50. The topological polar surface area (TPSA) is 49.9 Å². The summed E-state index contributed by atoms with van der Waals surface area (Å²) in [7, 11) is 2.11. The Balaban J connectivity index is -0.000000554. The third-order valence-corrected chi connectivity index (χ3v) is 4.16. The number of hydrogen-bond acceptors (Lipinski definition) is 2. The van der Waals surface area contributed by atoms with Gasteiger partial charge in [0, 0.05) is 0 Å². The lowest BCUT2D eigenvalue weighted by Gasteiger charge is -2.03. The molecule has 0 aromatic heterocycles. The van der Waals surface area contributed by atoms with Gasteiger partial charge in [-0.1, -0.05) is 154 Å². The second-order valence-electron chi connectivity index (χ2n) is 6.82. The van der Waals surface area contributed by atoms with Crippen molar-refractivity contribution >= 4 is 25.0 Å². The molecule has 0 atom stereocenters. The van der Waals surface area contributed by atoms with Crippen LogP contribution in [0.5, 0.6) is 0 Å². The van der Waals surface area contributed by atoms with Gasteiger partial charge >= 0.3 is 0 Å². The summed E-state index contributed by atoms with van der Waals surface area (Å²) in [4.78, 5) is 0.